The highest BCUT2D eigenvalue weighted by atomic mass is 19.1. The van der Waals surface area contributed by atoms with Crippen LogP contribution < -0.4 is 10.6 Å². The maximum Gasteiger partial charge on any atom is 0.123 e. The lowest BCUT2D eigenvalue weighted by Gasteiger charge is -2.22. The Bertz CT molecular complexity index is 847. The number of fused-ring (bicyclic) bond motifs is 1. The zero-order valence-corrected chi connectivity index (χ0v) is 15.0. The number of hydrogen-bond acceptors (Lipinski definition) is 2. The SMILES string of the molecule is Fc1ccc(Cn2cc(CNCC3CCNCC3)c3ccccc32)cc1. The summed E-state index contributed by atoms with van der Waals surface area (Å²) in [6.45, 7) is 5.02. The van der Waals surface area contributed by atoms with Crippen LogP contribution in [0, 0.1) is 11.7 Å². The number of hydrogen-bond donors (Lipinski definition) is 2. The molecule has 0 atom stereocenters. The van der Waals surface area contributed by atoms with E-state index < -0.39 is 0 Å². The van der Waals surface area contributed by atoms with E-state index in [0.29, 0.717) is 0 Å². The van der Waals surface area contributed by atoms with Crippen LogP contribution in [0.4, 0.5) is 4.39 Å². The molecule has 0 aliphatic carbocycles. The molecule has 2 N–H and O–H groups in total. The first kappa shape index (κ1) is 17.3. The van der Waals surface area contributed by atoms with Crippen molar-refractivity contribution in [1.29, 1.82) is 0 Å². The minimum atomic E-state index is -0.186. The summed E-state index contributed by atoms with van der Waals surface area (Å²) in [5.41, 5.74) is 3.67. The Kier molecular flexibility index (Phi) is 5.32. The van der Waals surface area contributed by atoms with E-state index in [1.165, 1.54) is 41.4 Å². The minimum Gasteiger partial charge on any atom is -0.343 e. The summed E-state index contributed by atoms with van der Waals surface area (Å²) in [5, 5.41) is 8.38. The van der Waals surface area contributed by atoms with Crippen LogP contribution in [0.15, 0.2) is 54.7 Å². The van der Waals surface area contributed by atoms with E-state index in [1.807, 2.05) is 12.1 Å². The average molecular weight is 351 g/mol. The van der Waals surface area contributed by atoms with Crippen molar-refractivity contribution in [3.05, 3.63) is 71.7 Å². The number of piperidine rings is 1. The predicted octanol–water partition coefficient (Wildman–Crippen LogP) is 3.92. The summed E-state index contributed by atoms with van der Waals surface area (Å²) in [6, 6.07) is 15.3. The van der Waals surface area contributed by atoms with Crippen LogP contribution in [0.2, 0.25) is 0 Å². The number of halogens is 1. The van der Waals surface area contributed by atoms with E-state index in [4.69, 9.17) is 0 Å². The summed E-state index contributed by atoms with van der Waals surface area (Å²) in [7, 11) is 0. The van der Waals surface area contributed by atoms with Crippen LogP contribution in [0.5, 0.6) is 0 Å². The maximum absolute atomic E-state index is 13.2. The van der Waals surface area contributed by atoms with Gasteiger partial charge in [0.1, 0.15) is 5.82 Å². The zero-order chi connectivity index (χ0) is 17.8. The molecule has 0 saturated carbocycles. The van der Waals surface area contributed by atoms with Gasteiger partial charge in [0.2, 0.25) is 0 Å². The molecule has 0 bridgehead atoms. The first-order valence-electron chi connectivity index (χ1n) is 9.52. The summed E-state index contributed by atoms with van der Waals surface area (Å²) in [5.74, 6) is 0.595. The normalized spacial score (nSPS) is 15.6. The minimum absolute atomic E-state index is 0.186. The van der Waals surface area contributed by atoms with Crippen LogP contribution in [0.25, 0.3) is 10.9 Å². The highest BCUT2D eigenvalue weighted by Crippen LogP contribution is 2.23. The molecular weight excluding hydrogens is 325 g/mol. The van der Waals surface area contributed by atoms with Gasteiger partial charge in [-0.2, -0.15) is 0 Å². The van der Waals surface area contributed by atoms with Crippen molar-refractivity contribution in [2.45, 2.75) is 25.9 Å². The average Bonchev–Trinajstić information content (AvgIpc) is 3.02. The third-order valence-electron chi connectivity index (χ3n) is 5.34. The fourth-order valence-corrected chi connectivity index (χ4v) is 3.88. The van der Waals surface area contributed by atoms with Gasteiger partial charge in [0, 0.05) is 30.2 Å². The maximum atomic E-state index is 13.2. The van der Waals surface area contributed by atoms with E-state index in [2.05, 4.69) is 45.7 Å². The molecule has 136 valence electrons. The molecule has 2 aromatic carbocycles. The van der Waals surface area contributed by atoms with E-state index in [1.54, 1.807) is 0 Å². The highest BCUT2D eigenvalue weighted by molar-refractivity contribution is 5.84. The van der Waals surface area contributed by atoms with Gasteiger partial charge in [-0.15, -0.1) is 0 Å². The van der Waals surface area contributed by atoms with Gasteiger partial charge in [-0.25, -0.2) is 4.39 Å². The molecule has 1 saturated heterocycles. The molecule has 1 aliphatic rings. The van der Waals surface area contributed by atoms with Crippen molar-refractivity contribution < 1.29 is 4.39 Å². The van der Waals surface area contributed by atoms with Crippen LogP contribution in [0.3, 0.4) is 0 Å². The molecular formula is C22H26FN3. The van der Waals surface area contributed by atoms with Crippen molar-refractivity contribution >= 4 is 10.9 Å². The smallest absolute Gasteiger partial charge is 0.123 e. The fraction of sp³-hybridized carbons (Fsp3) is 0.364. The summed E-state index contributed by atoms with van der Waals surface area (Å²) >= 11 is 0. The molecule has 1 fully saturated rings. The summed E-state index contributed by atoms with van der Waals surface area (Å²) in [6.07, 6.45) is 4.77. The number of nitrogens with one attached hydrogen (secondary N) is 2. The van der Waals surface area contributed by atoms with E-state index in [0.717, 1.165) is 44.2 Å². The Morgan fingerprint density at radius 3 is 2.62 bits per heavy atom. The molecule has 1 aliphatic heterocycles. The van der Waals surface area contributed by atoms with Crippen molar-refractivity contribution in [3.8, 4) is 0 Å². The second kappa shape index (κ2) is 8.02. The second-order valence-electron chi connectivity index (χ2n) is 7.25. The third-order valence-corrected chi connectivity index (χ3v) is 5.34. The zero-order valence-electron chi connectivity index (χ0n) is 15.0. The summed E-state index contributed by atoms with van der Waals surface area (Å²) in [4.78, 5) is 0. The molecule has 1 aromatic heterocycles. The molecule has 0 unspecified atom stereocenters. The monoisotopic (exact) mass is 351 g/mol. The standard InChI is InChI=1S/C22H26FN3/c23-20-7-5-18(6-8-20)15-26-16-19(21-3-1-2-4-22(21)26)14-25-13-17-9-11-24-12-10-17/h1-8,16-17,24-25H,9-15H2. The van der Waals surface area contributed by atoms with E-state index in [9.17, 15) is 4.39 Å². The predicted molar refractivity (Wildman–Crippen MR) is 105 cm³/mol. The Hall–Kier alpha value is -2.17. The van der Waals surface area contributed by atoms with Crippen LogP contribution in [-0.2, 0) is 13.1 Å². The molecule has 4 rings (SSSR count). The molecule has 3 nitrogen and oxygen atoms in total. The first-order chi connectivity index (χ1) is 12.8. The molecule has 0 radical (unpaired) electrons. The van der Waals surface area contributed by atoms with Crippen LogP contribution in [0.1, 0.15) is 24.0 Å². The van der Waals surface area contributed by atoms with E-state index >= 15 is 0 Å². The van der Waals surface area contributed by atoms with Crippen molar-refractivity contribution in [2.24, 2.45) is 5.92 Å². The van der Waals surface area contributed by atoms with Gasteiger partial charge < -0.3 is 15.2 Å². The van der Waals surface area contributed by atoms with Crippen molar-refractivity contribution in [2.75, 3.05) is 19.6 Å². The van der Waals surface area contributed by atoms with Gasteiger partial charge in [0.05, 0.1) is 0 Å². The Balaban J connectivity index is 1.49. The number of para-hydroxylation sites is 1. The van der Waals surface area contributed by atoms with Gasteiger partial charge in [-0.05, 0) is 67.7 Å². The molecule has 4 heteroatoms. The van der Waals surface area contributed by atoms with E-state index in [-0.39, 0.29) is 5.82 Å². The molecule has 0 amide bonds. The molecule has 3 aromatic rings. The quantitative estimate of drug-likeness (QED) is 0.705. The van der Waals surface area contributed by atoms with Gasteiger partial charge in [0.25, 0.3) is 0 Å². The fourth-order valence-electron chi connectivity index (χ4n) is 3.88. The van der Waals surface area contributed by atoms with Gasteiger partial charge in [-0.1, -0.05) is 30.3 Å². The van der Waals surface area contributed by atoms with Gasteiger partial charge in [0.15, 0.2) is 0 Å². The second-order valence-corrected chi connectivity index (χ2v) is 7.25. The Labute approximate surface area is 154 Å². The van der Waals surface area contributed by atoms with Crippen LogP contribution in [-0.4, -0.2) is 24.2 Å². The largest absolute Gasteiger partial charge is 0.343 e. The lowest BCUT2D eigenvalue weighted by atomic mass is 9.98. The van der Waals surface area contributed by atoms with Crippen molar-refractivity contribution in [3.63, 3.8) is 0 Å². The topological polar surface area (TPSA) is 29.0 Å². The van der Waals surface area contributed by atoms with Gasteiger partial charge >= 0.3 is 0 Å². The lowest BCUT2D eigenvalue weighted by Crippen LogP contribution is -2.33. The number of rotatable bonds is 6. The Morgan fingerprint density at radius 1 is 1.04 bits per heavy atom. The lowest BCUT2D eigenvalue weighted by molar-refractivity contribution is 0.356. The van der Waals surface area contributed by atoms with Crippen molar-refractivity contribution in [1.82, 2.24) is 15.2 Å². The van der Waals surface area contributed by atoms with Gasteiger partial charge in [-0.3, -0.25) is 0 Å². The number of aromatic nitrogens is 1. The third kappa shape index (κ3) is 3.97. The molecule has 2 heterocycles. The molecule has 0 spiro atoms. The Morgan fingerprint density at radius 2 is 1.81 bits per heavy atom. The first-order valence-corrected chi connectivity index (χ1v) is 9.52. The number of benzene rings is 2. The number of nitrogens with zero attached hydrogens (tertiary/aromatic N) is 1. The molecule has 26 heavy (non-hydrogen) atoms. The summed E-state index contributed by atoms with van der Waals surface area (Å²) < 4.78 is 15.4. The van der Waals surface area contributed by atoms with Crippen LogP contribution >= 0.6 is 0 Å². The highest BCUT2D eigenvalue weighted by Gasteiger charge is 2.13.